The number of nitrogens with zero attached hydrogens (tertiary/aromatic N) is 1. The van der Waals surface area contributed by atoms with E-state index < -0.39 is 12.0 Å². The van der Waals surface area contributed by atoms with Gasteiger partial charge in [0.25, 0.3) is 5.91 Å². The van der Waals surface area contributed by atoms with Crippen LogP contribution >= 0.6 is 0 Å². The molecular weight excluding hydrogens is 268 g/mol. The van der Waals surface area contributed by atoms with Crippen molar-refractivity contribution in [3.8, 4) is 0 Å². The lowest BCUT2D eigenvalue weighted by Gasteiger charge is -2.20. The second-order valence-electron chi connectivity index (χ2n) is 5.05. The van der Waals surface area contributed by atoms with E-state index >= 15 is 0 Å². The van der Waals surface area contributed by atoms with Gasteiger partial charge in [-0.3, -0.25) is 9.78 Å². The zero-order valence-electron chi connectivity index (χ0n) is 12.0. The maximum absolute atomic E-state index is 12.4. The molecule has 0 fully saturated rings. The van der Waals surface area contributed by atoms with E-state index in [1.54, 1.807) is 18.3 Å². The predicted molar refractivity (Wildman–Crippen MR) is 80.1 cm³/mol. The van der Waals surface area contributed by atoms with Crippen molar-refractivity contribution in [2.75, 3.05) is 0 Å². The predicted octanol–water partition coefficient (Wildman–Crippen LogP) is 2.46. The maximum atomic E-state index is 12.4. The van der Waals surface area contributed by atoms with E-state index in [2.05, 4.69) is 10.3 Å². The molecule has 5 heteroatoms. The number of carbonyl (C=O) groups is 2. The number of aromatic nitrogens is 1. The van der Waals surface area contributed by atoms with Crippen LogP contribution in [0.5, 0.6) is 0 Å². The molecule has 0 aliphatic carbocycles. The van der Waals surface area contributed by atoms with Crippen molar-refractivity contribution in [1.29, 1.82) is 0 Å². The molecule has 0 spiro atoms. The summed E-state index contributed by atoms with van der Waals surface area (Å²) in [6, 6.07) is 7.99. The van der Waals surface area contributed by atoms with Crippen molar-refractivity contribution in [2.45, 2.75) is 26.3 Å². The van der Waals surface area contributed by atoms with Crippen molar-refractivity contribution in [2.24, 2.45) is 5.92 Å². The zero-order chi connectivity index (χ0) is 15.4. The molecule has 1 heterocycles. The number of aliphatic carboxylic acids is 1. The Balaban J connectivity index is 2.32. The lowest BCUT2D eigenvalue weighted by molar-refractivity contribution is -0.140. The summed E-state index contributed by atoms with van der Waals surface area (Å²) in [4.78, 5) is 27.9. The second kappa shape index (κ2) is 6.35. The van der Waals surface area contributed by atoms with Crippen LogP contribution in [-0.2, 0) is 4.79 Å². The third-order valence-electron chi connectivity index (χ3n) is 3.66. The van der Waals surface area contributed by atoms with E-state index in [1.165, 1.54) is 0 Å². The number of hydrogen-bond acceptors (Lipinski definition) is 3. The van der Waals surface area contributed by atoms with Crippen LogP contribution in [0.2, 0.25) is 0 Å². The van der Waals surface area contributed by atoms with Crippen LogP contribution in [0.4, 0.5) is 0 Å². The van der Waals surface area contributed by atoms with Gasteiger partial charge in [0.1, 0.15) is 6.04 Å². The number of nitrogens with one attached hydrogen (secondary N) is 1. The fraction of sp³-hybridized carbons (Fsp3) is 0.312. The summed E-state index contributed by atoms with van der Waals surface area (Å²) in [5, 5.41) is 12.6. The molecule has 0 saturated carbocycles. The molecular formula is C16H18N2O3. The molecule has 0 radical (unpaired) electrons. The summed E-state index contributed by atoms with van der Waals surface area (Å²) in [5.74, 6) is -1.54. The minimum atomic E-state index is -1.02. The second-order valence-corrected chi connectivity index (χ2v) is 5.05. The molecule has 0 aliphatic heterocycles. The average molecular weight is 286 g/mol. The minimum Gasteiger partial charge on any atom is -0.480 e. The van der Waals surface area contributed by atoms with Gasteiger partial charge in [-0.2, -0.15) is 0 Å². The van der Waals surface area contributed by atoms with Gasteiger partial charge in [-0.1, -0.05) is 38.5 Å². The highest BCUT2D eigenvalue weighted by Crippen LogP contribution is 2.17. The van der Waals surface area contributed by atoms with Gasteiger partial charge >= 0.3 is 5.97 Å². The topological polar surface area (TPSA) is 79.3 Å². The first-order valence-electron chi connectivity index (χ1n) is 6.92. The summed E-state index contributed by atoms with van der Waals surface area (Å²) in [7, 11) is 0. The Morgan fingerprint density at radius 3 is 2.67 bits per heavy atom. The number of benzene rings is 1. The van der Waals surface area contributed by atoms with Crippen LogP contribution in [0, 0.1) is 5.92 Å². The highest BCUT2D eigenvalue weighted by molar-refractivity contribution is 6.06. The number of fused-ring (bicyclic) bond motifs is 1. The van der Waals surface area contributed by atoms with Crippen LogP contribution < -0.4 is 5.32 Å². The first kappa shape index (κ1) is 15.0. The number of carbonyl (C=O) groups excluding carboxylic acids is 1. The molecule has 1 amide bonds. The zero-order valence-corrected chi connectivity index (χ0v) is 12.0. The summed E-state index contributed by atoms with van der Waals surface area (Å²) in [6.45, 7) is 3.71. The maximum Gasteiger partial charge on any atom is 0.326 e. The number of hydrogen-bond donors (Lipinski definition) is 2. The van der Waals surface area contributed by atoms with Crippen molar-refractivity contribution in [3.63, 3.8) is 0 Å². The molecule has 2 atom stereocenters. The first-order chi connectivity index (χ1) is 10.0. The number of rotatable bonds is 5. The van der Waals surface area contributed by atoms with Crippen LogP contribution in [0.1, 0.15) is 30.6 Å². The van der Waals surface area contributed by atoms with E-state index in [4.69, 9.17) is 0 Å². The number of carboxylic acids is 1. The molecule has 0 aliphatic rings. The largest absolute Gasteiger partial charge is 0.480 e. The van der Waals surface area contributed by atoms with Gasteiger partial charge in [0, 0.05) is 11.6 Å². The fourth-order valence-electron chi connectivity index (χ4n) is 2.20. The molecule has 2 aromatic rings. The smallest absolute Gasteiger partial charge is 0.326 e. The molecule has 110 valence electrons. The Hall–Kier alpha value is -2.43. The number of pyridine rings is 1. The fourth-order valence-corrected chi connectivity index (χ4v) is 2.20. The van der Waals surface area contributed by atoms with E-state index in [9.17, 15) is 14.7 Å². The molecule has 2 rings (SSSR count). The Labute approximate surface area is 123 Å². The molecule has 21 heavy (non-hydrogen) atoms. The first-order valence-corrected chi connectivity index (χ1v) is 6.92. The van der Waals surface area contributed by atoms with Crippen molar-refractivity contribution >= 4 is 22.8 Å². The summed E-state index contributed by atoms with van der Waals surface area (Å²) in [5.41, 5.74) is 1.15. The van der Waals surface area contributed by atoms with Crippen LogP contribution in [0.25, 0.3) is 10.9 Å². The number of para-hydroxylation sites is 1. The molecule has 5 nitrogen and oxygen atoms in total. The molecule has 1 aromatic carbocycles. The van der Waals surface area contributed by atoms with Crippen LogP contribution in [-0.4, -0.2) is 28.0 Å². The minimum absolute atomic E-state index is 0.139. The highest BCUT2D eigenvalue weighted by Gasteiger charge is 2.26. The van der Waals surface area contributed by atoms with Crippen molar-refractivity contribution in [1.82, 2.24) is 10.3 Å². The Kier molecular flexibility index (Phi) is 4.52. The Morgan fingerprint density at radius 1 is 1.29 bits per heavy atom. The third kappa shape index (κ3) is 3.18. The van der Waals surface area contributed by atoms with Gasteiger partial charge in [-0.15, -0.1) is 0 Å². The normalized spacial score (nSPS) is 13.6. The molecule has 0 unspecified atom stereocenters. The summed E-state index contributed by atoms with van der Waals surface area (Å²) < 4.78 is 0. The SMILES string of the molecule is CC[C@H](C)[C@H](NC(=O)c1ccnc2ccccc12)C(=O)O. The van der Waals surface area contributed by atoms with Gasteiger partial charge in [0.05, 0.1) is 11.1 Å². The van der Waals surface area contributed by atoms with E-state index in [1.807, 2.05) is 32.0 Å². The van der Waals surface area contributed by atoms with E-state index in [0.29, 0.717) is 22.9 Å². The van der Waals surface area contributed by atoms with Crippen molar-refractivity contribution in [3.05, 3.63) is 42.1 Å². The van der Waals surface area contributed by atoms with Gasteiger partial charge in [-0.25, -0.2) is 4.79 Å². The molecule has 2 N–H and O–H groups in total. The summed E-state index contributed by atoms with van der Waals surface area (Å²) >= 11 is 0. The molecule has 1 aromatic heterocycles. The third-order valence-corrected chi connectivity index (χ3v) is 3.66. The number of amides is 1. The monoisotopic (exact) mass is 286 g/mol. The van der Waals surface area contributed by atoms with Gasteiger partial charge in [0.2, 0.25) is 0 Å². The van der Waals surface area contributed by atoms with Gasteiger partial charge < -0.3 is 10.4 Å². The lowest BCUT2D eigenvalue weighted by atomic mass is 9.98. The quantitative estimate of drug-likeness (QED) is 0.885. The Morgan fingerprint density at radius 2 is 2.00 bits per heavy atom. The molecule has 0 saturated heterocycles. The van der Waals surface area contributed by atoms with Gasteiger partial charge in [-0.05, 0) is 18.1 Å². The highest BCUT2D eigenvalue weighted by atomic mass is 16.4. The van der Waals surface area contributed by atoms with E-state index in [-0.39, 0.29) is 11.8 Å². The number of carboxylic acid groups (broad SMARTS) is 1. The van der Waals surface area contributed by atoms with Crippen LogP contribution in [0.3, 0.4) is 0 Å². The molecule has 0 bridgehead atoms. The van der Waals surface area contributed by atoms with Gasteiger partial charge in [0.15, 0.2) is 0 Å². The standard InChI is InChI=1S/C16H18N2O3/c1-3-10(2)14(16(20)21)18-15(19)12-8-9-17-13-7-5-4-6-11(12)13/h4-10,14H,3H2,1-2H3,(H,18,19)(H,20,21)/t10-,14-/m0/s1. The van der Waals surface area contributed by atoms with E-state index in [0.717, 1.165) is 0 Å². The lowest BCUT2D eigenvalue weighted by Crippen LogP contribution is -2.45. The Bertz CT molecular complexity index is 664. The van der Waals surface area contributed by atoms with Crippen LogP contribution in [0.15, 0.2) is 36.5 Å². The average Bonchev–Trinajstić information content (AvgIpc) is 2.50. The summed E-state index contributed by atoms with van der Waals surface area (Å²) in [6.07, 6.45) is 2.23. The van der Waals surface area contributed by atoms with Crippen molar-refractivity contribution < 1.29 is 14.7 Å².